The van der Waals surface area contributed by atoms with E-state index in [9.17, 15) is 9.59 Å². The lowest BCUT2D eigenvalue weighted by atomic mass is 9.81. The van der Waals surface area contributed by atoms with Crippen molar-refractivity contribution in [2.75, 3.05) is 18.4 Å². The molecule has 1 aromatic heterocycles. The Hall–Kier alpha value is -1.37. The lowest BCUT2D eigenvalue weighted by Gasteiger charge is -2.39. The lowest BCUT2D eigenvalue weighted by molar-refractivity contribution is -0.140. The van der Waals surface area contributed by atoms with Crippen molar-refractivity contribution in [1.82, 2.24) is 9.88 Å². The zero-order valence-electron chi connectivity index (χ0n) is 15.8. The molecule has 2 amide bonds. The summed E-state index contributed by atoms with van der Waals surface area (Å²) < 4.78 is 0. The Labute approximate surface area is 173 Å². The highest BCUT2D eigenvalue weighted by Crippen LogP contribution is 2.29. The van der Waals surface area contributed by atoms with Crippen molar-refractivity contribution in [2.45, 2.75) is 57.4 Å². The standard InChI is InChI=1S/C19H28N4O2.2ClH/c1-14-5-6-16(21-13-14)22-17(24)15-7-11-23(12-8-15)18(25)19(20)9-3-2-4-10-19;;/h5-6,13,15H,2-4,7-12,20H2,1H3,(H,21,22,24);2*1H. The van der Waals surface area contributed by atoms with Crippen molar-refractivity contribution in [3.8, 4) is 0 Å². The van der Waals surface area contributed by atoms with Gasteiger partial charge in [0.15, 0.2) is 0 Å². The van der Waals surface area contributed by atoms with E-state index in [0.717, 1.165) is 31.2 Å². The van der Waals surface area contributed by atoms with Gasteiger partial charge in [0, 0.05) is 25.2 Å². The first-order chi connectivity index (χ1) is 12.0. The molecule has 27 heavy (non-hydrogen) atoms. The summed E-state index contributed by atoms with van der Waals surface area (Å²) in [6.07, 6.45) is 7.90. The molecular formula is C19H30Cl2N4O2. The number of aromatic nitrogens is 1. The largest absolute Gasteiger partial charge is 0.341 e. The Bertz CT molecular complexity index is 625. The normalized spacial score (nSPS) is 19.4. The van der Waals surface area contributed by atoms with E-state index in [0.29, 0.717) is 31.7 Å². The Morgan fingerprint density at radius 3 is 2.33 bits per heavy atom. The summed E-state index contributed by atoms with van der Waals surface area (Å²) in [5.74, 6) is 0.569. The minimum absolute atomic E-state index is 0. The maximum atomic E-state index is 12.8. The van der Waals surface area contributed by atoms with Gasteiger partial charge in [0.1, 0.15) is 5.82 Å². The smallest absolute Gasteiger partial charge is 0.242 e. The third-order valence-electron chi connectivity index (χ3n) is 5.49. The summed E-state index contributed by atoms with van der Waals surface area (Å²) >= 11 is 0. The second-order valence-electron chi connectivity index (χ2n) is 7.49. The van der Waals surface area contributed by atoms with Crippen molar-refractivity contribution in [1.29, 1.82) is 0 Å². The van der Waals surface area contributed by atoms with Gasteiger partial charge in [-0.25, -0.2) is 4.98 Å². The molecular weight excluding hydrogens is 387 g/mol. The van der Waals surface area contributed by atoms with Crippen LogP contribution in [-0.2, 0) is 9.59 Å². The molecule has 0 aromatic carbocycles. The van der Waals surface area contributed by atoms with Gasteiger partial charge < -0.3 is 16.0 Å². The number of rotatable bonds is 3. The Morgan fingerprint density at radius 2 is 1.78 bits per heavy atom. The fourth-order valence-electron chi connectivity index (χ4n) is 3.83. The van der Waals surface area contributed by atoms with Crippen LogP contribution in [0.15, 0.2) is 18.3 Å². The van der Waals surface area contributed by atoms with Gasteiger partial charge >= 0.3 is 0 Å². The van der Waals surface area contributed by atoms with Gasteiger partial charge in [-0.05, 0) is 44.2 Å². The highest BCUT2D eigenvalue weighted by Gasteiger charge is 2.39. The molecule has 6 nitrogen and oxygen atoms in total. The zero-order chi connectivity index (χ0) is 17.9. The van der Waals surface area contributed by atoms with Gasteiger partial charge in [-0.2, -0.15) is 0 Å². The van der Waals surface area contributed by atoms with Crippen LogP contribution in [0.25, 0.3) is 0 Å². The van der Waals surface area contributed by atoms with Crippen LogP contribution in [0.4, 0.5) is 5.82 Å². The summed E-state index contributed by atoms with van der Waals surface area (Å²) in [4.78, 5) is 31.3. The molecule has 2 aliphatic rings. The number of amides is 2. The van der Waals surface area contributed by atoms with E-state index in [4.69, 9.17) is 5.73 Å². The Kier molecular flexibility index (Phi) is 8.99. The average molecular weight is 417 g/mol. The van der Waals surface area contributed by atoms with E-state index >= 15 is 0 Å². The van der Waals surface area contributed by atoms with Crippen molar-refractivity contribution >= 4 is 42.4 Å². The zero-order valence-corrected chi connectivity index (χ0v) is 17.4. The summed E-state index contributed by atoms with van der Waals surface area (Å²) in [6, 6.07) is 3.74. The van der Waals surface area contributed by atoms with E-state index < -0.39 is 5.54 Å². The van der Waals surface area contributed by atoms with Crippen LogP contribution >= 0.6 is 24.8 Å². The fraction of sp³-hybridized carbons (Fsp3) is 0.632. The van der Waals surface area contributed by atoms with Crippen molar-refractivity contribution in [3.05, 3.63) is 23.9 Å². The quantitative estimate of drug-likeness (QED) is 0.791. The number of hydrogen-bond acceptors (Lipinski definition) is 4. The van der Waals surface area contributed by atoms with Crippen LogP contribution in [-0.4, -0.2) is 40.3 Å². The summed E-state index contributed by atoms with van der Waals surface area (Å²) in [7, 11) is 0. The molecule has 2 heterocycles. The number of pyridine rings is 1. The molecule has 0 spiro atoms. The van der Waals surface area contributed by atoms with Gasteiger partial charge in [0.2, 0.25) is 11.8 Å². The molecule has 0 atom stereocenters. The molecule has 0 bridgehead atoms. The van der Waals surface area contributed by atoms with Crippen LogP contribution in [0.3, 0.4) is 0 Å². The lowest BCUT2D eigenvalue weighted by Crippen LogP contribution is -2.58. The maximum Gasteiger partial charge on any atom is 0.242 e. The van der Waals surface area contributed by atoms with Crippen LogP contribution < -0.4 is 11.1 Å². The van der Waals surface area contributed by atoms with Crippen LogP contribution in [0.1, 0.15) is 50.5 Å². The summed E-state index contributed by atoms with van der Waals surface area (Å²) in [6.45, 7) is 3.18. The monoisotopic (exact) mass is 416 g/mol. The minimum atomic E-state index is -0.681. The molecule has 1 aliphatic heterocycles. The Morgan fingerprint density at radius 1 is 1.15 bits per heavy atom. The van der Waals surface area contributed by atoms with Crippen LogP contribution in [0, 0.1) is 12.8 Å². The number of carbonyl (C=O) groups is 2. The fourth-order valence-corrected chi connectivity index (χ4v) is 3.83. The molecule has 1 saturated carbocycles. The number of anilines is 1. The first-order valence-electron chi connectivity index (χ1n) is 9.30. The number of halogens is 2. The topological polar surface area (TPSA) is 88.3 Å². The molecule has 0 radical (unpaired) electrons. The molecule has 1 saturated heterocycles. The number of nitrogens with one attached hydrogen (secondary N) is 1. The van der Waals surface area contributed by atoms with Crippen molar-refractivity contribution < 1.29 is 9.59 Å². The number of likely N-dealkylation sites (tertiary alicyclic amines) is 1. The number of hydrogen-bond donors (Lipinski definition) is 2. The van der Waals surface area contributed by atoms with E-state index in [1.807, 2.05) is 24.0 Å². The van der Waals surface area contributed by atoms with Crippen LogP contribution in [0.2, 0.25) is 0 Å². The number of piperidine rings is 1. The van der Waals surface area contributed by atoms with E-state index in [-0.39, 0.29) is 42.5 Å². The number of nitrogens with two attached hydrogens (primary N) is 1. The van der Waals surface area contributed by atoms with Gasteiger partial charge in [0.05, 0.1) is 5.54 Å². The predicted octanol–water partition coefficient (Wildman–Crippen LogP) is 3.07. The van der Waals surface area contributed by atoms with Gasteiger partial charge in [-0.15, -0.1) is 24.8 Å². The third kappa shape index (κ3) is 5.80. The maximum absolute atomic E-state index is 12.8. The first kappa shape index (κ1) is 23.7. The second-order valence-corrected chi connectivity index (χ2v) is 7.49. The predicted molar refractivity (Wildman–Crippen MR) is 111 cm³/mol. The van der Waals surface area contributed by atoms with Gasteiger partial charge in [-0.3, -0.25) is 9.59 Å². The summed E-state index contributed by atoms with van der Waals surface area (Å²) in [5, 5.41) is 2.88. The minimum Gasteiger partial charge on any atom is -0.341 e. The van der Waals surface area contributed by atoms with Crippen molar-refractivity contribution in [3.63, 3.8) is 0 Å². The Balaban J connectivity index is 0.00000182. The number of carbonyl (C=O) groups excluding carboxylic acids is 2. The first-order valence-corrected chi connectivity index (χ1v) is 9.30. The molecule has 1 aromatic rings. The molecule has 1 aliphatic carbocycles. The van der Waals surface area contributed by atoms with Crippen LogP contribution in [0.5, 0.6) is 0 Å². The molecule has 3 N–H and O–H groups in total. The molecule has 0 unspecified atom stereocenters. The summed E-state index contributed by atoms with van der Waals surface area (Å²) in [5.41, 5.74) is 6.74. The van der Waals surface area contributed by atoms with Gasteiger partial charge in [-0.1, -0.05) is 25.3 Å². The molecule has 152 valence electrons. The number of aryl methyl sites for hydroxylation is 1. The van der Waals surface area contributed by atoms with E-state index in [1.54, 1.807) is 6.20 Å². The van der Waals surface area contributed by atoms with E-state index in [2.05, 4.69) is 10.3 Å². The SMILES string of the molecule is Cc1ccc(NC(=O)C2CCN(C(=O)C3(N)CCCCC3)CC2)nc1.Cl.Cl. The average Bonchev–Trinajstić information content (AvgIpc) is 2.64. The van der Waals surface area contributed by atoms with Crippen molar-refractivity contribution in [2.24, 2.45) is 11.7 Å². The second kappa shape index (κ2) is 10.2. The highest BCUT2D eigenvalue weighted by molar-refractivity contribution is 5.92. The molecule has 2 fully saturated rings. The third-order valence-corrected chi connectivity index (χ3v) is 5.49. The molecule has 3 rings (SSSR count). The number of nitrogens with zero attached hydrogens (tertiary/aromatic N) is 2. The van der Waals surface area contributed by atoms with Gasteiger partial charge in [0.25, 0.3) is 0 Å². The molecule has 8 heteroatoms. The van der Waals surface area contributed by atoms with E-state index in [1.165, 1.54) is 6.42 Å². The highest BCUT2D eigenvalue weighted by atomic mass is 35.5.